The van der Waals surface area contributed by atoms with E-state index in [4.69, 9.17) is 0 Å². The molecule has 3 N–H and O–H groups in total. The minimum absolute atomic E-state index is 0.0166. The van der Waals surface area contributed by atoms with Gasteiger partial charge in [0.2, 0.25) is 11.8 Å². The first-order valence-electron chi connectivity index (χ1n) is 10.5. The largest absolute Gasteiger partial charge is 0.355 e. The SMILES string of the molecule is CCN(CCNC(=O)C1CCCN(C2CNNC(=O)C2)C1)Cc1ccccc1. The first kappa shape index (κ1) is 20.8. The summed E-state index contributed by atoms with van der Waals surface area (Å²) < 4.78 is 0. The predicted octanol–water partition coefficient (Wildman–Crippen LogP) is 0.730. The van der Waals surface area contributed by atoms with E-state index < -0.39 is 0 Å². The lowest BCUT2D eigenvalue weighted by Gasteiger charge is -2.39. The maximum atomic E-state index is 12.7. The number of amides is 2. The molecule has 0 aliphatic carbocycles. The second-order valence-electron chi connectivity index (χ2n) is 7.77. The lowest BCUT2D eigenvalue weighted by Crippen LogP contribution is -2.57. The van der Waals surface area contributed by atoms with Gasteiger partial charge in [-0.25, -0.2) is 5.43 Å². The van der Waals surface area contributed by atoms with E-state index in [9.17, 15) is 9.59 Å². The molecule has 154 valence electrons. The van der Waals surface area contributed by atoms with E-state index in [-0.39, 0.29) is 23.8 Å². The van der Waals surface area contributed by atoms with E-state index in [0.29, 0.717) is 13.0 Å². The van der Waals surface area contributed by atoms with Crippen molar-refractivity contribution in [2.45, 2.75) is 38.8 Å². The number of carbonyl (C=O) groups excluding carboxylic acids is 2. The van der Waals surface area contributed by atoms with Crippen molar-refractivity contribution in [1.29, 1.82) is 0 Å². The normalized spacial score (nSPS) is 23.4. The Morgan fingerprint density at radius 1 is 1.32 bits per heavy atom. The monoisotopic (exact) mass is 387 g/mol. The second-order valence-corrected chi connectivity index (χ2v) is 7.77. The van der Waals surface area contributed by atoms with Crippen molar-refractivity contribution in [2.75, 3.05) is 39.3 Å². The lowest BCUT2D eigenvalue weighted by atomic mass is 9.95. The highest BCUT2D eigenvalue weighted by molar-refractivity contribution is 5.79. The van der Waals surface area contributed by atoms with Gasteiger partial charge in [0.15, 0.2) is 0 Å². The molecule has 0 bridgehead atoms. The van der Waals surface area contributed by atoms with Gasteiger partial charge in [-0.1, -0.05) is 37.3 Å². The van der Waals surface area contributed by atoms with Crippen molar-refractivity contribution in [3.63, 3.8) is 0 Å². The molecule has 1 aromatic rings. The fraction of sp³-hybridized carbons (Fsp3) is 0.619. The van der Waals surface area contributed by atoms with Crippen molar-refractivity contribution in [3.05, 3.63) is 35.9 Å². The van der Waals surface area contributed by atoms with Gasteiger partial charge in [-0.3, -0.25) is 24.8 Å². The molecule has 2 aliphatic rings. The number of likely N-dealkylation sites (N-methyl/N-ethyl adjacent to an activating group) is 1. The summed E-state index contributed by atoms with van der Waals surface area (Å²) in [4.78, 5) is 28.9. The summed E-state index contributed by atoms with van der Waals surface area (Å²) in [7, 11) is 0. The molecule has 2 fully saturated rings. The summed E-state index contributed by atoms with van der Waals surface area (Å²) in [6, 6.07) is 10.6. The molecule has 2 heterocycles. The van der Waals surface area contributed by atoms with Gasteiger partial charge in [-0.15, -0.1) is 0 Å². The lowest BCUT2D eigenvalue weighted by molar-refractivity contribution is -0.128. The van der Waals surface area contributed by atoms with E-state index in [0.717, 1.165) is 52.1 Å². The number of benzene rings is 1. The zero-order valence-corrected chi connectivity index (χ0v) is 16.8. The molecular weight excluding hydrogens is 354 g/mol. The first-order valence-corrected chi connectivity index (χ1v) is 10.5. The summed E-state index contributed by atoms with van der Waals surface area (Å²) in [5.74, 6) is 0.192. The Morgan fingerprint density at radius 3 is 2.89 bits per heavy atom. The number of piperidine rings is 1. The maximum Gasteiger partial charge on any atom is 0.235 e. The number of rotatable bonds is 8. The third-order valence-electron chi connectivity index (χ3n) is 5.75. The van der Waals surface area contributed by atoms with Gasteiger partial charge in [-0.05, 0) is 31.5 Å². The zero-order valence-electron chi connectivity index (χ0n) is 16.8. The van der Waals surface area contributed by atoms with Crippen molar-refractivity contribution >= 4 is 11.8 Å². The van der Waals surface area contributed by atoms with Crippen LogP contribution in [0.2, 0.25) is 0 Å². The van der Waals surface area contributed by atoms with Gasteiger partial charge in [0.05, 0.1) is 5.92 Å². The number of nitrogens with zero attached hydrogens (tertiary/aromatic N) is 2. The number of hydrogen-bond acceptors (Lipinski definition) is 5. The van der Waals surface area contributed by atoms with Gasteiger partial charge in [-0.2, -0.15) is 0 Å². The molecule has 28 heavy (non-hydrogen) atoms. The molecule has 0 spiro atoms. The Kier molecular flexibility index (Phi) is 7.82. The van der Waals surface area contributed by atoms with Gasteiger partial charge < -0.3 is 5.32 Å². The molecule has 2 saturated heterocycles. The molecule has 0 saturated carbocycles. The number of hydrazine groups is 1. The van der Waals surface area contributed by atoms with E-state index in [2.05, 4.69) is 57.2 Å². The third kappa shape index (κ3) is 6.02. The van der Waals surface area contributed by atoms with Crippen molar-refractivity contribution in [1.82, 2.24) is 26.0 Å². The number of nitrogens with one attached hydrogen (secondary N) is 3. The Bertz CT molecular complexity index is 639. The third-order valence-corrected chi connectivity index (χ3v) is 5.75. The topological polar surface area (TPSA) is 76.7 Å². The molecular formula is C21H33N5O2. The van der Waals surface area contributed by atoms with Gasteiger partial charge in [0.1, 0.15) is 0 Å². The Hall–Kier alpha value is -1.96. The van der Waals surface area contributed by atoms with Crippen LogP contribution < -0.4 is 16.2 Å². The minimum Gasteiger partial charge on any atom is -0.355 e. The predicted molar refractivity (Wildman–Crippen MR) is 109 cm³/mol. The van der Waals surface area contributed by atoms with Crippen LogP contribution in [0.4, 0.5) is 0 Å². The van der Waals surface area contributed by atoms with Crippen LogP contribution in [0.1, 0.15) is 31.7 Å². The maximum absolute atomic E-state index is 12.7. The molecule has 2 aliphatic heterocycles. The van der Waals surface area contributed by atoms with E-state index >= 15 is 0 Å². The molecule has 1 aromatic carbocycles. The van der Waals surface area contributed by atoms with Crippen LogP contribution in [0.15, 0.2) is 30.3 Å². The van der Waals surface area contributed by atoms with Gasteiger partial charge in [0.25, 0.3) is 0 Å². The fourth-order valence-electron chi connectivity index (χ4n) is 4.09. The molecule has 0 radical (unpaired) electrons. The van der Waals surface area contributed by atoms with Crippen LogP contribution >= 0.6 is 0 Å². The average molecular weight is 388 g/mol. The zero-order chi connectivity index (χ0) is 19.8. The second kappa shape index (κ2) is 10.5. The molecule has 0 aromatic heterocycles. The Labute approximate surface area is 167 Å². The molecule has 2 amide bonds. The number of likely N-dealkylation sites (tertiary alicyclic amines) is 1. The Balaban J connectivity index is 1.41. The van der Waals surface area contributed by atoms with Crippen LogP contribution in [0, 0.1) is 5.92 Å². The Morgan fingerprint density at radius 2 is 2.14 bits per heavy atom. The summed E-state index contributed by atoms with van der Waals surface area (Å²) in [6.45, 7) is 7.98. The van der Waals surface area contributed by atoms with Crippen molar-refractivity contribution in [3.8, 4) is 0 Å². The van der Waals surface area contributed by atoms with E-state index in [1.54, 1.807) is 0 Å². The van der Waals surface area contributed by atoms with Crippen LogP contribution in [-0.4, -0.2) is 66.9 Å². The van der Waals surface area contributed by atoms with Crippen LogP contribution in [0.5, 0.6) is 0 Å². The highest BCUT2D eigenvalue weighted by atomic mass is 16.2. The first-order chi connectivity index (χ1) is 13.7. The number of hydrogen-bond donors (Lipinski definition) is 3. The van der Waals surface area contributed by atoms with E-state index in [1.165, 1.54) is 5.56 Å². The van der Waals surface area contributed by atoms with Crippen LogP contribution in [0.25, 0.3) is 0 Å². The quantitative estimate of drug-likeness (QED) is 0.613. The average Bonchev–Trinajstić information content (AvgIpc) is 2.73. The van der Waals surface area contributed by atoms with Gasteiger partial charge >= 0.3 is 0 Å². The highest BCUT2D eigenvalue weighted by Crippen LogP contribution is 2.20. The molecule has 2 unspecified atom stereocenters. The summed E-state index contributed by atoms with van der Waals surface area (Å²) in [5, 5.41) is 3.13. The summed E-state index contributed by atoms with van der Waals surface area (Å²) in [6.07, 6.45) is 2.44. The van der Waals surface area contributed by atoms with Crippen LogP contribution in [0.3, 0.4) is 0 Å². The molecule has 7 heteroatoms. The fourth-order valence-corrected chi connectivity index (χ4v) is 4.09. The number of carbonyl (C=O) groups is 2. The van der Waals surface area contributed by atoms with E-state index in [1.807, 2.05) is 6.07 Å². The standard InChI is InChI=1S/C21H33N5O2/c1-2-25(15-17-7-4-3-5-8-17)12-10-22-21(28)18-9-6-11-26(16-18)19-13-20(27)24-23-14-19/h3-5,7-8,18-19,23H,2,6,9-16H2,1H3,(H,22,28)(H,24,27). The molecule has 7 nitrogen and oxygen atoms in total. The van der Waals surface area contributed by atoms with Gasteiger partial charge in [0, 0.05) is 45.2 Å². The molecule has 2 atom stereocenters. The smallest absolute Gasteiger partial charge is 0.235 e. The van der Waals surface area contributed by atoms with Crippen molar-refractivity contribution in [2.24, 2.45) is 5.92 Å². The summed E-state index contributed by atoms with van der Waals surface area (Å²) >= 11 is 0. The summed E-state index contributed by atoms with van der Waals surface area (Å²) in [5.41, 5.74) is 6.89. The van der Waals surface area contributed by atoms with Crippen LogP contribution in [-0.2, 0) is 16.1 Å². The minimum atomic E-state index is 0.0166. The van der Waals surface area contributed by atoms with Crippen molar-refractivity contribution < 1.29 is 9.59 Å². The highest BCUT2D eigenvalue weighted by Gasteiger charge is 2.32. The molecule has 3 rings (SSSR count).